The summed E-state index contributed by atoms with van der Waals surface area (Å²) in [6, 6.07) is 8.52. The molecular weight excluding hydrogens is 306 g/mol. The van der Waals surface area contributed by atoms with Gasteiger partial charge in [-0.2, -0.15) is 0 Å². The third-order valence-corrected chi connectivity index (χ3v) is 4.22. The molecule has 0 spiro atoms. The molecule has 24 heavy (non-hydrogen) atoms. The van der Waals surface area contributed by atoms with Gasteiger partial charge in [0.25, 0.3) is 11.8 Å². The minimum atomic E-state index is -0.289. The monoisotopic (exact) mass is 327 g/mol. The zero-order valence-corrected chi connectivity index (χ0v) is 13.7. The van der Waals surface area contributed by atoms with Crippen LogP contribution in [0.2, 0.25) is 0 Å². The van der Waals surface area contributed by atoms with Gasteiger partial charge in [-0.1, -0.05) is 24.4 Å². The molecule has 1 heterocycles. The molecular formula is C18H21N3O3. The van der Waals surface area contributed by atoms with Crippen LogP contribution in [0.5, 0.6) is 0 Å². The lowest BCUT2D eigenvalue weighted by Gasteiger charge is -2.22. The minimum Gasteiger partial charge on any atom is -0.360 e. The van der Waals surface area contributed by atoms with Gasteiger partial charge in [0.15, 0.2) is 5.82 Å². The number of carbonyl (C=O) groups is 2. The summed E-state index contributed by atoms with van der Waals surface area (Å²) in [5.74, 6) is 0.625. The second-order valence-corrected chi connectivity index (χ2v) is 6.16. The van der Waals surface area contributed by atoms with Gasteiger partial charge in [-0.15, -0.1) is 0 Å². The fraction of sp³-hybridized carbons (Fsp3) is 0.389. The summed E-state index contributed by atoms with van der Waals surface area (Å²) in [7, 11) is 0. The van der Waals surface area contributed by atoms with Gasteiger partial charge in [0.1, 0.15) is 5.76 Å². The Labute approximate surface area is 140 Å². The quantitative estimate of drug-likeness (QED) is 0.902. The highest BCUT2D eigenvalue weighted by atomic mass is 16.5. The Morgan fingerprint density at radius 2 is 1.67 bits per heavy atom. The number of anilines is 1. The lowest BCUT2D eigenvalue weighted by molar-refractivity contribution is 0.0926. The highest BCUT2D eigenvalue weighted by Gasteiger charge is 2.17. The zero-order chi connectivity index (χ0) is 16.9. The molecule has 1 aliphatic carbocycles. The van der Waals surface area contributed by atoms with Gasteiger partial charge in [-0.3, -0.25) is 9.59 Å². The van der Waals surface area contributed by atoms with Crippen LogP contribution in [-0.4, -0.2) is 23.0 Å². The molecule has 1 saturated carbocycles. The Balaban J connectivity index is 1.59. The van der Waals surface area contributed by atoms with Crippen LogP contribution in [0.25, 0.3) is 0 Å². The predicted molar refractivity (Wildman–Crippen MR) is 90.0 cm³/mol. The van der Waals surface area contributed by atoms with Crippen molar-refractivity contribution in [2.24, 2.45) is 0 Å². The Morgan fingerprint density at radius 3 is 2.25 bits per heavy atom. The summed E-state index contributed by atoms with van der Waals surface area (Å²) < 4.78 is 4.91. The van der Waals surface area contributed by atoms with Crippen LogP contribution in [-0.2, 0) is 0 Å². The SMILES string of the molecule is Cc1cc(NC(=O)c2ccc(C(=O)NC3CCCCC3)cc2)no1. The largest absolute Gasteiger partial charge is 0.360 e. The van der Waals surface area contributed by atoms with Crippen LogP contribution in [0.1, 0.15) is 58.6 Å². The van der Waals surface area contributed by atoms with Gasteiger partial charge in [-0.05, 0) is 44.0 Å². The predicted octanol–water partition coefficient (Wildman–Crippen LogP) is 3.30. The number of hydrogen-bond donors (Lipinski definition) is 2. The van der Waals surface area contributed by atoms with Crippen LogP contribution in [0.3, 0.4) is 0 Å². The van der Waals surface area contributed by atoms with Crippen molar-refractivity contribution in [3.63, 3.8) is 0 Å². The summed E-state index contributed by atoms with van der Waals surface area (Å²) in [4.78, 5) is 24.4. The van der Waals surface area contributed by atoms with E-state index >= 15 is 0 Å². The first-order valence-corrected chi connectivity index (χ1v) is 8.27. The molecule has 6 nitrogen and oxygen atoms in total. The Hall–Kier alpha value is -2.63. The normalized spacial score (nSPS) is 15.0. The number of amides is 2. The maximum atomic E-state index is 12.3. The first kappa shape index (κ1) is 16.2. The molecule has 1 aromatic carbocycles. The number of hydrogen-bond acceptors (Lipinski definition) is 4. The molecule has 3 rings (SSSR count). The molecule has 6 heteroatoms. The first-order valence-electron chi connectivity index (χ1n) is 8.27. The van der Waals surface area contributed by atoms with Crippen LogP contribution in [0.4, 0.5) is 5.82 Å². The van der Waals surface area contributed by atoms with E-state index < -0.39 is 0 Å². The molecule has 126 valence electrons. The lowest BCUT2D eigenvalue weighted by Crippen LogP contribution is -2.36. The third-order valence-electron chi connectivity index (χ3n) is 4.22. The summed E-state index contributed by atoms with van der Waals surface area (Å²) >= 11 is 0. The van der Waals surface area contributed by atoms with Gasteiger partial charge in [0.05, 0.1) is 0 Å². The Kier molecular flexibility index (Phi) is 4.93. The molecule has 0 unspecified atom stereocenters. The van der Waals surface area contributed by atoms with E-state index in [0.29, 0.717) is 22.7 Å². The highest BCUT2D eigenvalue weighted by molar-refractivity contribution is 6.04. The Morgan fingerprint density at radius 1 is 1.04 bits per heavy atom. The molecule has 0 radical (unpaired) electrons. The average Bonchev–Trinajstić information content (AvgIpc) is 3.00. The van der Waals surface area contributed by atoms with Crippen LogP contribution < -0.4 is 10.6 Å². The second kappa shape index (κ2) is 7.29. The zero-order valence-electron chi connectivity index (χ0n) is 13.7. The summed E-state index contributed by atoms with van der Waals surface area (Å²) in [6.07, 6.45) is 5.69. The average molecular weight is 327 g/mol. The van der Waals surface area contributed by atoms with Gasteiger partial charge in [0.2, 0.25) is 0 Å². The molecule has 2 amide bonds. The van der Waals surface area contributed by atoms with E-state index in [1.54, 1.807) is 37.3 Å². The van der Waals surface area contributed by atoms with Gasteiger partial charge in [-0.25, -0.2) is 0 Å². The van der Waals surface area contributed by atoms with E-state index in [1.807, 2.05) is 0 Å². The van der Waals surface area contributed by atoms with E-state index in [4.69, 9.17) is 4.52 Å². The maximum absolute atomic E-state index is 12.3. The maximum Gasteiger partial charge on any atom is 0.256 e. The van der Waals surface area contributed by atoms with E-state index in [-0.39, 0.29) is 17.9 Å². The highest BCUT2D eigenvalue weighted by Crippen LogP contribution is 2.18. The van der Waals surface area contributed by atoms with Crippen molar-refractivity contribution in [3.05, 3.63) is 47.2 Å². The molecule has 0 atom stereocenters. The van der Waals surface area contributed by atoms with E-state index in [9.17, 15) is 9.59 Å². The number of aromatic nitrogens is 1. The number of nitrogens with zero attached hydrogens (tertiary/aromatic N) is 1. The van der Waals surface area contributed by atoms with E-state index in [1.165, 1.54) is 19.3 Å². The molecule has 1 aliphatic rings. The van der Waals surface area contributed by atoms with Crippen molar-refractivity contribution in [3.8, 4) is 0 Å². The van der Waals surface area contributed by atoms with Crippen molar-refractivity contribution in [2.45, 2.75) is 45.1 Å². The topological polar surface area (TPSA) is 84.2 Å². The standard InChI is InChI=1S/C18H21N3O3/c1-12-11-16(21-24-12)20-18(23)14-9-7-13(8-10-14)17(22)19-15-5-3-2-4-6-15/h7-11,15H,2-6H2,1H3,(H,19,22)(H,20,21,23). The van der Waals surface area contributed by atoms with Gasteiger partial charge >= 0.3 is 0 Å². The number of carbonyl (C=O) groups excluding carboxylic acids is 2. The molecule has 1 fully saturated rings. The lowest BCUT2D eigenvalue weighted by atomic mass is 9.95. The number of benzene rings is 1. The summed E-state index contributed by atoms with van der Waals surface area (Å²) in [5.41, 5.74) is 1.03. The first-order chi connectivity index (χ1) is 11.6. The minimum absolute atomic E-state index is 0.0824. The van der Waals surface area contributed by atoms with Crippen molar-refractivity contribution in [2.75, 3.05) is 5.32 Å². The van der Waals surface area contributed by atoms with Crippen LogP contribution >= 0.6 is 0 Å². The van der Waals surface area contributed by atoms with Gasteiger partial charge < -0.3 is 15.2 Å². The fourth-order valence-corrected chi connectivity index (χ4v) is 2.90. The van der Waals surface area contributed by atoms with Crippen LogP contribution in [0.15, 0.2) is 34.9 Å². The molecule has 2 aromatic rings. The number of rotatable bonds is 4. The van der Waals surface area contributed by atoms with Crippen molar-refractivity contribution >= 4 is 17.6 Å². The van der Waals surface area contributed by atoms with Crippen LogP contribution in [0, 0.1) is 6.92 Å². The van der Waals surface area contributed by atoms with E-state index in [0.717, 1.165) is 12.8 Å². The number of nitrogens with one attached hydrogen (secondary N) is 2. The number of aryl methyl sites for hydroxylation is 1. The molecule has 1 aromatic heterocycles. The van der Waals surface area contributed by atoms with Crippen molar-refractivity contribution in [1.82, 2.24) is 10.5 Å². The smallest absolute Gasteiger partial charge is 0.256 e. The Bertz CT molecular complexity index is 715. The molecule has 0 aliphatic heterocycles. The molecule has 0 bridgehead atoms. The molecule has 0 saturated heterocycles. The summed E-state index contributed by atoms with van der Waals surface area (Å²) in [6.45, 7) is 1.75. The van der Waals surface area contributed by atoms with Gasteiger partial charge in [0, 0.05) is 23.2 Å². The second-order valence-electron chi connectivity index (χ2n) is 6.16. The molecule has 2 N–H and O–H groups in total. The third kappa shape index (κ3) is 4.01. The van der Waals surface area contributed by atoms with E-state index in [2.05, 4.69) is 15.8 Å². The summed E-state index contributed by atoms with van der Waals surface area (Å²) in [5, 5.41) is 9.43. The van der Waals surface area contributed by atoms with Crippen molar-refractivity contribution in [1.29, 1.82) is 0 Å². The fourth-order valence-electron chi connectivity index (χ4n) is 2.90. The van der Waals surface area contributed by atoms with Crippen molar-refractivity contribution < 1.29 is 14.1 Å².